The number of hydrogen-bond acceptors (Lipinski definition) is 9. The maximum atomic E-state index is 13.5. The van der Waals surface area contributed by atoms with E-state index in [9.17, 15) is 23.9 Å². The molecule has 256 valence electrons. The third kappa shape index (κ3) is 13.8. The molecule has 1 aliphatic rings. The molecule has 0 radical (unpaired) electrons. The number of carboxylic acid groups (broad SMARTS) is 2. The second-order valence-corrected chi connectivity index (χ2v) is 11.8. The standard InChI is InChI=1S/C29H41FN2O4.C4H6O6/c1-22(2)21-36-28-9-5-23(6-10-28)19-29(35)32(20-24-3-7-25(30)8-4-24)26-11-15-31(16-12-26)17-13-27(34)14-18-33;5-1(3(7)8)2(6)4(9)10/h3-10,22,26-27,33-34H,11-21H2,1-2H3;1-2,5-6H,(H,7,8)(H,9,10)/t27-;/m1./s1. The van der Waals surface area contributed by atoms with Gasteiger partial charge in [0.15, 0.2) is 12.2 Å². The van der Waals surface area contributed by atoms with Gasteiger partial charge in [-0.05, 0) is 67.0 Å². The Morgan fingerprint density at radius 3 is 1.93 bits per heavy atom. The number of likely N-dealkylation sites (tertiary alicyclic amines) is 1. The third-order valence-electron chi connectivity index (χ3n) is 7.49. The number of nitrogens with zero attached hydrogens (tertiary/aromatic N) is 2. The van der Waals surface area contributed by atoms with Crippen LogP contribution in [0.5, 0.6) is 5.75 Å². The molecule has 1 aliphatic heterocycles. The van der Waals surface area contributed by atoms with Gasteiger partial charge in [0.05, 0.1) is 19.1 Å². The predicted molar refractivity (Wildman–Crippen MR) is 167 cm³/mol. The average Bonchev–Trinajstić information content (AvgIpc) is 3.03. The second kappa shape index (κ2) is 19.8. The first kappa shape index (κ1) is 38.6. The summed E-state index contributed by atoms with van der Waals surface area (Å²) in [6.07, 6.45) is -1.96. The second-order valence-electron chi connectivity index (χ2n) is 11.8. The largest absolute Gasteiger partial charge is 0.493 e. The summed E-state index contributed by atoms with van der Waals surface area (Å²) < 4.78 is 19.2. The van der Waals surface area contributed by atoms with Crippen molar-refractivity contribution < 1.29 is 54.2 Å². The summed E-state index contributed by atoms with van der Waals surface area (Å²) >= 11 is 0. The van der Waals surface area contributed by atoms with Crippen molar-refractivity contribution in [3.05, 3.63) is 65.5 Å². The molecule has 0 saturated carbocycles. The number of carbonyl (C=O) groups excluding carboxylic acids is 1. The van der Waals surface area contributed by atoms with Gasteiger partial charge in [0.1, 0.15) is 11.6 Å². The number of carboxylic acids is 2. The Kier molecular flexibility index (Phi) is 16.6. The molecule has 1 amide bonds. The van der Waals surface area contributed by atoms with Gasteiger partial charge >= 0.3 is 11.9 Å². The molecule has 2 aromatic rings. The molecule has 46 heavy (non-hydrogen) atoms. The summed E-state index contributed by atoms with van der Waals surface area (Å²) in [5, 5.41) is 51.4. The highest BCUT2D eigenvalue weighted by atomic mass is 19.1. The van der Waals surface area contributed by atoms with Gasteiger partial charge in [-0.1, -0.05) is 38.1 Å². The van der Waals surface area contributed by atoms with Gasteiger partial charge in [0.25, 0.3) is 0 Å². The zero-order valence-corrected chi connectivity index (χ0v) is 26.4. The first-order valence-corrected chi connectivity index (χ1v) is 15.4. The SMILES string of the molecule is CC(C)COc1ccc(CC(=O)N(Cc2ccc(F)cc2)C2CCN(CC[C@@H](O)CCO)CC2)cc1.O=C(O)C(O)C(O)C(=O)O. The number of aliphatic hydroxyl groups excluding tert-OH is 4. The molecule has 1 heterocycles. The van der Waals surface area contributed by atoms with E-state index in [0.29, 0.717) is 38.3 Å². The number of piperidine rings is 1. The van der Waals surface area contributed by atoms with Gasteiger partial charge in [-0.2, -0.15) is 0 Å². The van der Waals surface area contributed by atoms with Gasteiger partial charge in [-0.25, -0.2) is 14.0 Å². The third-order valence-corrected chi connectivity index (χ3v) is 7.49. The first-order valence-electron chi connectivity index (χ1n) is 15.4. The Balaban J connectivity index is 0.000000634. The molecule has 1 fully saturated rings. The zero-order valence-electron chi connectivity index (χ0n) is 26.4. The van der Waals surface area contributed by atoms with Crippen LogP contribution in [0.15, 0.2) is 48.5 Å². The molecule has 0 aromatic heterocycles. The van der Waals surface area contributed by atoms with E-state index >= 15 is 0 Å². The molecular formula is C33H47FN2O10. The van der Waals surface area contributed by atoms with Crippen LogP contribution in [0.4, 0.5) is 4.39 Å². The maximum absolute atomic E-state index is 13.5. The molecule has 13 heteroatoms. The van der Waals surface area contributed by atoms with Crippen molar-refractivity contribution in [2.75, 3.05) is 32.8 Å². The normalized spacial score (nSPS) is 15.7. The number of ether oxygens (including phenoxy) is 1. The monoisotopic (exact) mass is 650 g/mol. The number of rotatable bonds is 16. The van der Waals surface area contributed by atoms with E-state index in [1.807, 2.05) is 29.2 Å². The van der Waals surface area contributed by atoms with Crippen molar-refractivity contribution in [2.24, 2.45) is 5.92 Å². The molecule has 1 saturated heterocycles. The van der Waals surface area contributed by atoms with Gasteiger partial charge in [0.2, 0.25) is 5.91 Å². The van der Waals surface area contributed by atoms with Crippen LogP contribution in [0.1, 0.15) is 50.7 Å². The van der Waals surface area contributed by atoms with Crippen molar-refractivity contribution in [3.8, 4) is 5.75 Å². The van der Waals surface area contributed by atoms with Crippen LogP contribution in [-0.4, -0.2) is 115 Å². The average molecular weight is 651 g/mol. The predicted octanol–water partition coefficient (Wildman–Crippen LogP) is 1.91. The highest BCUT2D eigenvalue weighted by Crippen LogP contribution is 2.22. The number of hydrogen-bond donors (Lipinski definition) is 6. The Morgan fingerprint density at radius 1 is 0.891 bits per heavy atom. The summed E-state index contributed by atoms with van der Waals surface area (Å²) in [7, 11) is 0. The molecule has 3 rings (SSSR count). The van der Waals surface area contributed by atoms with Gasteiger partial charge < -0.3 is 45.2 Å². The highest BCUT2D eigenvalue weighted by Gasteiger charge is 2.30. The number of aliphatic hydroxyl groups is 4. The van der Waals surface area contributed by atoms with Crippen molar-refractivity contribution in [1.29, 1.82) is 0 Å². The van der Waals surface area contributed by atoms with Crippen molar-refractivity contribution in [2.45, 2.75) is 76.9 Å². The summed E-state index contributed by atoms with van der Waals surface area (Å²) in [6, 6.07) is 14.2. The van der Waals surface area contributed by atoms with Crippen LogP contribution in [0, 0.1) is 11.7 Å². The van der Waals surface area contributed by atoms with E-state index in [0.717, 1.165) is 49.4 Å². The fraction of sp³-hybridized carbons (Fsp3) is 0.545. The number of carbonyl (C=O) groups is 3. The molecule has 0 spiro atoms. The zero-order chi connectivity index (χ0) is 34.2. The van der Waals surface area contributed by atoms with E-state index in [1.54, 1.807) is 12.1 Å². The van der Waals surface area contributed by atoms with Crippen molar-refractivity contribution in [3.63, 3.8) is 0 Å². The highest BCUT2D eigenvalue weighted by molar-refractivity contribution is 5.83. The lowest BCUT2D eigenvalue weighted by Crippen LogP contribution is -2.48. The van der Waals surface area contributed by atoms with Gasteiger partial charge in [-0.15, -0.1) is 0 Å². The molecular weight excluding hydrogens is 603 g/mol. The topological polar surface area (TPSA) is 188 Å². The molecule has 6 N–H and O–H groups in total. The quantitative estimate of drug-likeness (QED) is 0.156. The fourth-order valence-electron chi connectivity index (χ4n) is 4.80. The lowest BCUT2D eigenvalue weighted by Gasteiger charge is -2.39. The maximum Gasteiger partial charge on any atom is 0.335 e. The lowest BCUT2D eigenvalue weighted by molar-refractivity contribution is -0.165. The van der Waals surface area contributed by atoms with Crippen molar-refractivity contribution >= 4 is 17.8 Å². The van der Waals surface area contributed by atoms with E-state index in [1.165, 1.54) is 12.1 Å². The van der Waals surface area contributed by atoms with Gasteiger partial charge in [0, 0.05) is 38.8 Å². The number of aliphatic carboxylic acids is 2. The van der Waals surface area contributed by atoms with E-state index in [2.05, 4.69) is 18.7 Å². The number of halogens is 1. The summed E-state index contributed by atoms with van der Waals surface area (Å²) in [5.74, 6) is -2.51. The van der Waals surface area contributed by atoms with E-state index in [4.69, 9.17) is 30.3 Å². The molecule has 0 bridgehead atoms. The fourth-order valence-corrected chi connectivity index (χ4v) is 4.80. The molecule has 2 unspecified atom stereocenters. The molecule has 3 atom stereocenters. The molecule has 2 aromatic carbocycles. The number of amides is 1. The van der Waals surface area contributed by atoms with Crippen molar-refractivity contribution in [1.82, 2.24) is 9.80 Å². The Labute approximate surface area is 268 Å². The minimum Gasteiger partial charge on any atom is -0.493 e. The molecule has 0 aliphatic carbocycles. The Bertz CT molecular complexity index is 1190. The smallest absolute Gasteiger partial charge is 0.335 e. The van der Waals surface area contributed by atoms with Crippen LogP contribution in [0.25, 0.3) is 0 Å². The minimum atomic E-state index is -2.27. The van der Waals surface area contributed by atoms with Crippen LogP contribution in [-0.2, 0) is 27.3 Å². The lowest BCUT2D eigenvalue weighted by atomic mass is 10.00. The summed E-state index contributed by atoms with van der Waals surface area (Å²) in [5.41, 5.74) is 1.85. The number of benzene rings is 2. The Hall–Kier alpha value is -3.62. The van der Waals surface area contributed by atoms with Crippen LogP contribution in [0.2, 0.25) is 0 Å². The molecule has 12 nitrogen and oxygen atoms in total. The van der Waals surface area contributed by atoms with Crippen LogP contribution in [0.3, 0.4) is 0 Å². The Morgan fingerprint density at radius 2 is 1.43 bits per heavy atom. The summed E-state index contributed by atoms with van der Waals surface area (Å²) in [6.45, 7) is 7.80. The van der Waals surface area contributed by atoms with E-state index < -0.39 is 30.3 Å². The van der Waals surface area contributed by atoms with Crippen LogP contribution < -0.4 is 4.74 Å². The first-order chi connectivity index (χ1) is 21.8. The minimum absolute atomic E-state index is 0.00259. The van der Waals surface area contributed by atoms with Gasteiger partial charge in [-0.3, -0.25) is 4.79 Å². The van der Waals surface area contributed by atoms with E-state index in [-0.39, 0.29) is 24.4 Å². The summed E-state index contributed by atoms with van der Waals surface area (Å²) in [4.78, 5) is 37.3. The van der Waals surface area contributed by atoms with Crippen LogP contribution >= 0.6 is 0 Å².